The summed E-state index contributed by atoms with van der Waals surface area (Å²) in [5.74, 6) is 0.345. The molecule has 0 saturated carbocycles. The summed E-state index contributed by atoms with van der Waals surface area (Å²) >= 11 is 0. The van der Waals surface area contributed by atoms with Crippen LogP contribution < -0.4 is 16.6 Å². The Bertz CT molecular complexity index is 1080. The standard InChI is InChI=1S/C19H23N7O2/c1-25-18(27)15-17(22-19(25)28)24-23-16(21-15)13-5-7-14(8-6-13)20-9-4-12-26-10-2-3-11-26/h5-8,20H,2-4,9-12H2,1H3,(H,22,24,28). The molecule has 0 atom stereocenters. The number of likely N-dealkylation sites (tertiary alicyclic amines) is 1. The first-order valence-electron chi connectivity index (χ1n) is 9.52. The van der Waals surface area contributed by atoms with Gasteiger partial charge >= 0.3 is 5.69 Å². The number of benzene rings is 1. The van der Waals surface area contributed by atoms with Crippen LogP contribution in [-0.4, -0.2) is 55.8 Å². The molecule has 28 heavy (non-hydrogen) atoms. The number of nitrogens with zero attached hydrogens (tertiary/aromatic N) is 5. The predicted molar refractivity (Wildman–Crippen MR) is 107 cm³/mol. The van der Waals surface area contributed by atoms with E-state index in [1.165, 1.54) is 33.0 Å². The zero-order valence-electron chi connectivity index (χ0n) is 15.8. The lowest BCUT2D eigenvalue weighted by atomic mass is 10.2. The Morgan fingerprint density at radius 2 is 1.86 bits per heavy atom. The van der Waals surface area contributed by atoms with Gasteiger partial charge in [0, 0.05) is 24.8 Å². The molecule has 0 radical (unpaired) electrons. The van der Waals surface area contributed by atoms with E-state index in [9.17, 15) is 9.59 Å². The first-order chi connectivity index (χ1) is 13.6. The highest BCUT2D eigenvalue weighted by Crippen LogP contribution is 2.18. The minimum atomic E-state index is -0.540. The summed E-state index contributed by atoms with van der Waals surface area (Å²) in [5, 5.41) is 11.4. The first kappa shape index (κ1) is 18.3. The van der Waals surface area contributed by atoms with Crippen molar-refractivity contribution in [1.82, 2.24) is 29.6 Å². The largest absolute Gasteiger partial charge is 0.385 e. The van der Waals surface area contributed by atoms with Gasteiger partial charge in [-0.2, -0.15) is 0 Å². The van der Waals surface area contributed by atoms with E-state index in [1.54, 1.807) is 0 Å². The molecule has 0 spiro atoms. The van der Waals surface area contributed by atoms with Crippen LogP contribution in [0.25, 0.3) is 22.6 Å². The van der Waals surface area contributed by atoms with E-state index in [0.717, 1.165) is 35.3 Å². The number of anilines is 1. The van der Waals surface area contributed by atoms with Crippen LogP contribution in [0.5, 0.6) is 0 Å². The van der Waals surface area contributed by atoms with Crippen molar-refractivity contribution in [2.24, 2.45) is 7.05 Å². The van der Waals surface area contributed by atoms with Crippen LogP contribution in [0.3, 0.4) is 0 Å². The van der Waals surface area contributed by atoms with Crippen molar-refractivity contribution < 1.29 is 0 Å². The Morgan fingerprint density at radius 1 is 1.11 bits per heavy atom. The molecule has 4 rings (SSSR count). The molecule has 0 unspecified atom stereocenters. The molecule has 0 bridgehead atoms. The highest BCUT2D eigenvalue weighted by molar-refractivity contribution is 5.70. The minimum Gasteiger partial charge on any atom is -0.385 e. The Balaban J connectivity index is 1.44. The van der Waals surface area contributed by atoms with Crippen LogP contribution >= 0.6 is 0 Å². The summed E-state index contributed by atoms with van der Waals surface area (Å²) in [5.41, 5.74) is 0.932. The maximum atomic E-state index is 12.2. The Labute approximate surface area is 161 Å². The van der Waals surface area contributed by atoms with Crippen LogP contribution in [0.4, 0.5) is 5.69 Å². The molecule has 3 heterocycles. The summed E-state index contributed by atoms with van der Waals surface area (Å²) in [7, 11) is 1.40. The zero-order chi connectivity index (χ0) is 19.5. The molecule has 3 aromatic rings. The van der Waals surface area contributed by atoms with Crippen molar-refractivity contribution in [2.45, 2.75) is 19.3 Å². The minimum absolute atomic E-state index is 0.0909. The molecule has 1 aromatic carbocycles. The van der Waals surface area contributed by atoms with E-state index in [2.05, 4.69) is 30.4 Å². The normalized spacial score (nSPS) is 14.6. The van der Waals surface area contributed by atoms with E-state index in [-0.39, 0.29) is 11.2 Å². The second kappa shape index (κ2) is 7.89. The summed E-state index contributed by atoms with van der Waals surface area (Å²) in [6, 6.07) is 7.71. The zero-order valence-corrected chi connectivity index (χ0v) is 15.8. The van der Waals surface area contributed by atoms with E-state index in [0.29, 0.717) is 5.82 Å². The fraction of sp³-hybridized carbons (Fsp3) is 0.421. The van der Waals surface area contributed by atoms with Crippen molar-refractivity contribution in [1.29, 1.82) is 0 Å². The Hall–Kier alpha value is -3.07. The molecule has 1 fully saturated rings. The number of fused-ring (bicyclic) bond motifs is 1. The van der Waals surface area contributed by atoms with E-state index in [1.807, 2.05) is 24.3 Å². The molecule has 1 aliphatic heterocycles. The average Bonchev–Trinajstić information content (AvgIpc) is 3.23. The molecular formula is C19H23N7O2. The van der Waals surface area contributed by atoms with Crippen molar-refractivity contribution in [3.8, 4) is 11.4 Å². The summed E-state index contributed by atoms with van der Waals surface area (Å²) in [4.78, 5) is 33.2. The van der Waals surface area contributed by atoms with E-state index < -0.39 is 11.2 Å². The van der Waals surface area contributed by atoms with Crippen molar-refractivity contribution in [3.05, 3.63) is 45.1 Å². The van der Waals surface area contributed by atoms with Gasteiger partial charge in [0.1, 0.15) is 0 Å². The van der Waals surface area contributed by atoms with Crippen molar-refractivity contribution >= 4 is 16.9 Å². The van der Waals surface area contributed by atoms with Crippen LogP contribution in [0, 0.1) is 0 Å². The van der Waals surface area contributed by atoms with Crippen molar-refractivity contribution in [2.75, 3.05) is 31.5 Å². The first-order valence-corrected chi connectivity index (χ1v) is 9.52. The van der Waals surface area contributed by atoms with Gasteiger partial charge in [-0.15, -0.1) is 10.2 Å². The number of hydrogen-bond acceptors (Lipinski definition) is 7. The average molecular weight is 381 g/mol. The number of hydrogen-bond donors (Lipinski definition) is 2. The molecule has 9 nitrogen and oxygen atoms in total. The molecule has 0 aliphatic carbocycles. The lowest BCUT2D eigenvalue weighted by molar-refractivity contribution is 0.337. The topological polar surface area (TPSA) is 109 Å². The molecule has 9 heteroatoms. The van der Waals surface area contributed by atoms with Crippen LogP contribution in [-0.2, 0) is 7.05 Å². The van der Waals surface area contributed by atoms with Gasteiger partial charge in [0.2, 0.25) is 0 Å². The molecule has 2 aromatic heterocycles. The van der Waals surface area contributed by atoms with E-state index in [4.69, 9.17) is 0 Å². The number of aromatic amines is 1. The summed E-state index contributed by atoms with van der Waals surface area (Å²) < 4.78 is 0.968. The summed E-state index contributed by atoms with van der Waals surface area (Å²) in [6.07, 6.45) is 3.76. The molecule has 1 aliphatic rings. The summed E-state index contributed by atoms with van der Waals surface area (Å²) in [6.45, 7) is 4.52. The number of aromatic nitrogens is 5. The monoisotopic (exact) mass is 381 g/mol. The SMILES string of the molecule is Cn1c(=O)[nH]c2nnc(-c3ccc(NCCCN4CCCC4)cc3)nc2c1=O. The van der Waals surface area contributed by atoms with E-state index >= 15 is 0 Å². The fourth-order valence-corrected chi connectivity index (χ4v) is 3.40. The third-order valence-electron chi connectivity index (χ3n) is 5.05. The van der Waals surface area contributed by atoms with Crippen molar-refractivity contribution in [3.63, 3.8) is 0 Å². The maximum Gasteiger partial charge on any atom is 0.329 e. The van der Waals surface area contributed by atoms with Gasteiger partial charge in [0.05, 0.1) is 0 Å². The van der Waals surface area contributed by atoms with Crippen LogP contribution in [0.1, 0.15) is 19.3 Å². The van der Waals surface area contributed by atoms with Gasteiger partial charge in [0.15, 0.2) is 17.0 Å². The fourth-order valence-electron chi connectivity index (χ4n) is 3.40. The van der Waals surface area contributed by atoms with Gasteiger partial charge in [0.25, 0.3) is 5.56 Å². The lowest BCUT2D eigenvalue weighted by Gasteiger charge is -2.14. The quantitative estimate of drug-likeness (QED) is 0.613. The van der Waals surface area contributed by atoms with Gasteiger partial charge in [-0.05, 0) is 63.2 Å². The number of nitrogens with one attached hydrogen (secondary N) is 2. The molecule has 2 N–H and O–H groups in total. The molecular weight excluding hydrogens is 358 g/mol. The maximum absolute atomic E-state index is 12.2. The lowest BCUT2D eigenvalue weighted by Crippen LogP contribution is -2.33. The van der Waals surface area contributed by atoms with Gasteiger partial charge in [-0.1, -0.05) is 0 Å². The third kappa shape index (κ3) is 3.79. The highest BCUT2D eigenvalue weighted by atomic mass is 16.2. The smallest absolute Gasteiger partial charge is 0.329 e. The molecule has 1 saturated heterocycles. The molecule has 146 valence electrons. The Morgan fingerprint density at radius 3 is 2.61 bits per heavy atom. The van der Waals surface area contributed by atoms with Gasteiger partial charge in [-0.25, -0.2) is 9.78 Å². The third-order valence-corrected chi connectivity index (χ3v) is 5.05. The van der Waals surface area contributed by atoms with Crippen LogP contribution in [0.2, 0.25) is 0 Å². The van der Waals surface area contributed by atoms with Crippen LogP contribution in [0.15, 0.2) is 33.9 Å². The van der Waals surface area contributed by atoms with Gasteiger partial charge in [-0.3, -0.25) is 14.3 Å². The second-order valence-electron chi connectivity index (χ2n) is 7.03. The van der Waals surface area contributed by atoms with Gasteiger partial charge < -0.3 is 10.2 Å². The Kier molecular flexibility index (Phi) is 5.16. The predicted octanol–water partition coefficient (Wildman–Crippen LogP) is 0.977. The number of rotatable bonds is 6. The number of H-pyrrole nitrogens is 1. The molecule has 0 amide bonds. The highest BCUT2D eigenvalue weighted by Gasteiger charge is 2.12. The second-order valence-corrected chi connectivity index (χ2v) is 7.03.